The number of carbonyl (C=O) groups excluding carboxylic acids is 2. The van der Waals surface area contributed by atoms with Crippen molar-refractivity contribution in [2.75, 3.05) is 44.2 Å². The maximum Gasteiger partial charge on any atom is 0.237 e. The van der Waals surface area contributed by atoms with E-state index in [9.17, 15) is 14.0 Å². The molecule has 2 N–H and O–H groups in total. The zero-order valence-corrected chi connectivity index (χ0v) is 15.6. The molecule has 2 aliphatic heterocycles. The summed E-state index contributed by atoms with van der Waals surface area (Å²) >= 11 is 0. The first-order valence-electron chi connectivity index (χ1n) is 8.93. The second-order valence-electron chi connectivity index (χ2n) is 6.53. The number of carbonyl (C=O) groups is 2. The minimum atomic E-state index is -0.243. The third-order valence-electron chi connectivity index (χ3n) is 4.84. The molecule has 0 unspecified atom stereocenters. The van der Waals surface area contributed by atoms with Crippen molar-refractivity contribution in [3.63, 3.8) is 0 Å². The van der Waals surface area contributed by atoms with Crippen molar-refractivity contribution in [2.24, 2.45) is 0 Å². The normalized spacial score (nSPS) is 19.8. The van der Waals surface area contributed by atoms with Gasteiger partial charge in [-0.1, -0.05) is 0 Å². The Balaban J connectivity index is 0.00000243. The van der Waals surface area contributed by atoms with Crippen molar-refractivity contribution in [1.29, 1.82) is 0 Å². The number of benzene rings is 1. The van der Waals surface area contributed by atoms with Crippen molar-refractivity contribution in [3.8, 4) is 0 Å². The summed E-state index contributed by atoms with van der Waals surface area (Å²) in [6, 6.07) is 6.33. The molecule has 2 amide bonds. The molecular formula is C18H26ClFN4O2. The predicted molar refractivity (Wildman–Crippen MR) is 101 cm³/mol. The highest BCUT2D eigenvalue weighted by Crippen LogP contribution is 2.17. The van der Waals surface area contributed by atoms with Crippen LogP contribution in [0.25, 0.3) is 0 Å². The third kappa shape index (κ3) is 5.32. The van der Waals surface area contributed by atoms with Crippen molar-refractivity contribution in [2.45, 2.75) is 25.3 Å². The fourth-order valence-corrected chi connectivity index (χ4v) is 3.35. The Morgan fingerprint density at radius 1 is 1.15 bits per heavy atom. The standard InChI is InChI=1S/C18H25FN4O2.ClH/c19-14-3-5-15(6-4-14)22-10-12-23(13-11-22)17(24)7-9-21-18(25)16-2-1-8-20-16;/h3-6,16,20H,1-2,7-13H2,(H,21,25);1H/t16-;/m0./s1. The van der Waals surface area contributed by atoms with E-state index in [4.69, 9.17) is 0 Å². The van der Waals surface area contributed by atoms with Crippen LogP contribution >= 0.6 is 12.4 Å². The molecule has 0 saturated carbocycles. The molecule has 0 bridgehead atoms. The van der Waals surface area contributed by atoms with Gasteiger partial charge in [-0.25, -0.2) is 4.39 Å². The topological polar surface area (TPSA) is 64.7 Å². The van der Waals surface area contributed by atoms with Gasteiger partial charge >= 0.3 is 0 Å². The maximum absolute atomic E-state index is 13.0. The molecule has 26 heavy (non-hydrogen) atoms. The van der Waals surface area contributed by atoms with Crippen LogP contribution in [0.1, 0.15) is 19.3 Å². The second kappa shape index (κ2) is 9.73. The Bertz CT molecular complexity index is 600. The van der Waals surface area contributed by atoms with E-state index in [1.165, 1.54) is 12.1 Å². The summed E-state index contributed by atoms with van der Waals surface area (Å²) in [6.07, 6.45) is 2.22. The molecule has 0 aliphatic carbocycles. The summed E-state index contributed by atoms with van der Waals surface area (Å²) < 4.78 is 13.0. The molecule has 2 fully saturated rings. The van der Waals surface area contributed by atoms with Crippen molar-refractivity contribution >= 4 is 29.9 Å². The van der Waals surface area contributed by atoms with Gasteiger partial charge in [-0.3, -0.25) is 9.59 Å². The van der Waals surface area contributed by atoms with Crippen LogP contribution in [-0.4, -0.2) is 62.0 Å². The monoisotopic (exact) mass is 384 g/mol. The Kier molecular flexibility index (Phi) is 7.66. The zero-order valence-electron chi connectivity index (χ0n) is 14.7. The van der Waals surface area contributed by atoms with Crippen LogP contribution in [0.5, 0.6) is 0 Å². The molecule has 2 saturated heterocycles. The maximum atomic E-state index is 13.0. The van der Waals surface area contributed by atoms with E-state index in [1.54, 1.807) is 12.1 Å². The predicted octanol–water partition coefficient (Wildman–Crippen LogP) is 1.15. The number of nitrogens with zero attached hydrogens (tertiary/aromatic N) is 2. The van der Waals surface area contributed by atoms with Gasteiger partial charge < -0.3 is 20.4 Å². The zero-order chi connectivity index (χ0) is 17.6. The van der Waals surface area contributed by atoms with Gasteiger partial charge in [0, 0.05) is 44.8 Å². The summed E-state index contributed by atoms with van der Waals surface area (Å²) in [5.41, 5.74) is 0.977. The summed E-state index contributed by atoms with van der Waals surface area (Å²) in [6.45, 7) is 4.03. The number of hydrogen-bond donors (Lipinski definition) is 2. The number of amides is 2. The molecular weight excluding hydrogens is 359 g/mol. The average molecular weight is 385 g/mol. The lowest BCUT2D eigenvalue weighted by atomic mass is 10.2. The molecule has 2 aliphatic rings. The average Bonchev–Trinajstić information content (AvgIpc) is 3.17. The lowest BCUT2D eigenvalue weighted by Crippen LogP contribution is -2.49. The second-order valence-corrected chi connectivity index (χ2v) is 6.53. The molecule has 0 aromatic heterocycles. The van der Waals surface area contributed by atoms with Crippen LogP contribution in [-0.2, 0) is 9.59 Å². The van der Waals surface area contributed by atoms with Gasteiger partial charge in [0.2, 0.25) is 11.8 Å². The van der Waals surface area contributed by atoms with E-state index in [-0.39, 0.29) is 36.1 Å². The SMILES string of the molecule is Cl.O=C(NCCC(=O)N1CCN(c2ccc(F)cc2)CC1)[C@@H]1CCCN1. The Labute approximate surface area is 159 Å². The molecule has 1 atom stereocenters. The van der Waals surface area contributed by atoms with Gasteiger partial charge in [-0.2, -0.15) is 0 Å². The van der Waals surface area contributed by atoms with Gasteiger partial charge in [0.25, 0.3) is 0 Å². The minimum absolute atomic E-state index is 0. The van der Waals surface area contributed by atoms with Gasteiger partial charge in [-0.05, 0) is 43.7 Å². The molecule has 3 rings (SSSR count). The van der Waals surface area contributed by atoms with Gasteiger partial charge in [0.05, 0.1) is 6.04 Å². The van der Waals surface area contributed by atoms with Crippen LogP contribution in [0.2, 0.25) is 0 Å². The fraction of sp³-hybridized carbons (Fsp3) is 0.556. The van der Waals surface area contributed by atoms with E-state index in [2.05, 4.69) is 15.5 Å². The number of piperazine rings is 1. The number of nitrogens with one attached hydrogen (secondary N) is 2. The first kappa shape index (κ1) is 20.5. The lowest BCUT2D eigenvalue weighted by Gasteiger charge is -2.36. The van der Waals surface area contributed by atoms with E-state index >= 15 is 0 Å². The molecule has 144 valence electrons. The first-order valence-corrected chi connectivity index (χ1v) is 8.93. The Morgan fingerprint density at radius 2 is 1.85 bits per heavy atom. The Hall–Kier alpha value is -1.86. The van der Waals surface area contributed by atoms with Gasteiger partial charge in [0.15, 0.2) is 0 Å². The highest BCUT2D eigenvalue weighted by molar-refractivity contribution is 5.85. The molecule has 6 nitrogen and oxygen atoms in total. The highest BCUT2D eigenvalue weighted by Gasteiger charge is 2.23. The van der Waals surface area contributed by atoms with Crippen LogP contribution in [0, 0.1) is 5.82 Å². The van der Waals surface area contributed by atoms with Gasteiger partial charge in [0.1, 0.15) is 5.82 Å². The molecule has 8 heteroatoms. The lowest BCUT2D eigenvalue weighted by molar-refractivity contribution is -0.131. The van der Waals surface area contributed by atoms with E-state index in [0.717, 1.165) is 38.2 Å². The summed E-state index contributed by atoms with van der Waals surface area (Å²) in [4.78, 5) is 28.2. The number of rotatable bonds is 5. The number of halogens is 2. The Morgan fingerprint density at radius 3 is 2.46 bits per heavy atom. The largest absolute Gasteiger partial charge is 0.368 e. The van der Waals surface area contributed by atoms with Crippen molar-refractivity contribution in [3.05, 3.63) is 30.1 Å². The van der Waals surface area contributed by atoms with Gasteiger partial charge in [-0.15, -0.1) is 12.4 Å². The van der Waals surface area contributed by atoms with Crippen LogP contribution in [0.3, 0.4) is 0 Å². The highest BCUT2D eigenvalue weighted by atomic mass is 35.5. The summed E-state index contributed by atoms with van der Waals surface area (Å²) in [5.74, 6) is -0.183. The van der Waals surface area contributed by atoms with Crippen LogP contribution in [0.4, 0.5) is 10.1 Å². The summed E-state index contributed by atoms with van der Waals surface area (Å²) in [5, 5.41) is 5.99. The first-order chi connectivity index (χ1) is 12.1. The van der Waals surface area contributed by atoms with Crippen molar-refractivity contribution in [1.82, 2.24) is 15.5 Å². The minimum Gasteiger partial charge on any atom is -0.368 e. The van der Waals surface area contributed by atoms with Crippen LogP contribution in [0.15, 0.2) is 24.3 Å². The number of anilines is 1. The molecule has 0 radical (unpaired) electrons. The van der Waals surface area contributed by atoms with Crippen LogP contribution < -0.4 is 15.5 Å². The summed E-state index contributed by atoms with van der Waals surface area (Å²) in [7, 11) is 0. The molecule has 2 heterocycles. The van der Waals surface area contributed by atoms with E-state index in [0.29, 0.717) is 26.1 Å². The quantitative estimate of drug-likeness (QED) is 0.799. The smallest absolute Gasteiger partial charge is 0.237 e. The van der Waals surface area contributed by atoms with E-state index in [1.807, 2.05) is 4.90 Å². The molecule has 1 aromatic rings. The molecule has 0 spiro atoms. The fourth-order valence-electron chi connectivity index (χ4n) is 3.35. The van der Waals surface area contributed by atoms with E-state index < -0.39 is 0 Å². The molecule has 1 aromatic carbocycles. The van der Waals surface area contributed by atoms with Crippen molar-refractivity contribution < 1.29 is 14.0 Å². The number of hydrogen-bond acceptors (Lipinski definition) is 4. The third-order valence-corrected chi connectivity index (χ3v) is 4.84.